The summed E-state index contributed by atoms with van der Waals surface area (Å²) in [5.74, 6) is 1.75. The molecule has 0 bridgehead atoms. The number of hydrogen-bond donors (Lipinski definition) is 1. The van der Waals surface area contributed by atoms with Gasteiger partial charge in [-0.3, -0.25) is 0 Å². The van der Waals surface area contributed by atoms with Crippen molar-refractivity contribution in [2.24, 2.45) is 0 Å². The summed E-state index contributed by atoms with van der Waals surface area (Å²) in [5, 5.41) is 2.18. The van der Waals surface area contributed by atoms with Crippen molar-refractivity contribution in [3.05, 3.63) is 40.9 Å². The zero-order chi connectivity index (χ0) is 15.8. The molecule has 4 heterocycles. The fourth-order valence-corrected chi connectivity index (χ4v) is 3.38. The van der Waals surface area contributed by atoms with E-state index in [-0.39, 0.29) is 0 Å². The number of nitrogens with zero attached hydrogens (tertiary/aromatic N) is 5. The van der Waals surface area contributed by atoms with Gasteiger partial charge in [-0.25, -0.2) is 15.0 Å². The largest absolute Gasteiger partial charge is 0.352 e. The first kappa shape index (κ1) is 14.5. The zero-order valence-corrected chi connectivity index (χ0v) is 13.7. The van der Waals surface area contributed by atoms with Crippen LogP contribution < -0.4 is 9.80 Å². The first-order valence-corrected chi connectivity index (χ1v) is 8.07. The van der Waals surface area contributed by atoms with Gasteiger partial charge in [-0.1, -0.05) is 23.2 Å². The van der Waals surface area contributed by atoms with E-state index in [0.717, 1.165) is 48.8 Å². The quantitative estimate of drug-likeness (QED) is 0.771. The molecular formula is C15H14Cl2N6. The van der Waals surface area contributed by atoms with E-state index in [0.29, 0.717) is 10.0 Å². The van der Waals surface area contributed by atoms with Gasteiger partial charge in [0.15, 0.2) is 0 Å². The molecule has 3 aromatic heterocycles. The Kier molecular flexibility index (Phi) is 3.71. The number of fused-ring (bicyclic) bond motifs is 1. The highest BCUT2D eigenvalue weighted by Crippen LogP contribution is 2.28. The Labute approximate surface area is 143 Å². The van der Waals surface area contributed by atoms with E-state index in [9.17, 15) is 0 Å². The minimum atomic E-state index is 0.549. The molecule has 1 fully saturated rings. The third-order valence-electron chi connectivity index (χ3n) is 4.00. The molecular weight excluding hydrogens is 335 g/mol. The Morgan fingerprint density at radius 1 is 0.957 bits per heavy atom. The molecule has 23 heavy (non-hydrogen) atoms. The maximum atomic E-state index is 6.25. The van der Waals surface area contributed by atoms with Crippen molar-refractivity contribution in [1.82, 2.24) is 19.9 Å². The third kappa shape index (κ3) is 2.68. The fourth-order valence-electron chi connectivity index (χ4n) is 2.88. The lowest BCUT2D eigenvalue weighted by molar-refractivity contribution is 0.643. The summed E-state index contributed by atoms with van der Waals surface area (Å²) < 4.78 is 0. The van der Waals surface area contributed by atoms with Crippen molar-refractivity contribution in [3.8, 4) is 0 Å². The Bertz CT molecular complexity index is 841. The van der Waals surface area contributed by atoms with E-state index >= 15 is 0 Å². The second-order valence-corrected chi connectivity index (χ2v) is 6.21. The molecule has 0 radical (unpaired) electrons. The van der Waals surface area contributed by atoms with Crippen LogP contribution in [-0.4, -0.2) is 46.1 Å². The molecule has 1 saturated heterocycles. The minimum absolute atomic E-state index is 0.549. The normalized spacial score (nSPS) is 15.4. The van der Waals surface area contributed by atoms with Crippen molar-refractivity contribution in [2.45, 2.75) is 0 Å². The number of nitrogens with one attached hydrogen (secondary N) is 1. The van der Waals surface area contributed by atoms with Crippen LogP contribution >= 0.6 is 23.2 Å². The number of pyridine rings is 1. The Balaban J connectivity index is 1.54. The van der Waals surface area contributed by atoms with Crippen LogP contribution in [0, 0.1) is 0 Å². The fraction of sp³-hybridized carbons (Fsp3) is 0.267. The maximum absolute atomic E-state index is 6.25. The smallest absolute Gasteiger partial charge is 0.147 e. The third-order valence-corrected chi connectivity index (χ3v) is 4.48. The van der Waals surface area contributed by atoms with Gasteiger partial charge in [-0.2, -0.15) is 0 Å². The van der Waals surface area contributed by atoms with E-state index < -0.39 is 0 Å². The Hall–Kier alpha value is -2.05. The van der Waals surface area contributed by atoms with E-state index in [2.05, 4.69) is 29.7 Å². The number of H-pyrrole nitrogens is 1. The molecule has 0 aliphatic carbocycles. The lowest BCUT2D eigenvalue weighted by Gasteiger charge is -2.36. The lowest BCUT2D eigenvalue weighted by atomic mass is 10.2. The summed E-state index contributed by atoms with van der Waals surface area (Å²) in [7, 11) is 0. The molecule has 0 spiro atoms. The molecule has 8 heteroatoms. The average Bonchev–Trinajstić information content (AvgIpc) is 3.04. The minimum Gasteiger partial charge on any atom is -0.352 e. The number of piperazine rings is 1. The molecule has 4 rings (SSSR count). The van der Waals surface area contributed by atoms with Crippen molar-refractivity contribution in [3.63, 3.8) is 0 Å². The van der Waals surface area contributed by atoms with Crippen molar-refractivity contribution in [1.29, 1.82) is 0 Å². The number of anilines is 2. The van der Waals surface area contributed by atoms with Gasteiger partial charge in [-0.05, 0) is 12.1 Å². The van der Waals surface area contributed by atoms with Crippen LogP contribution in [0.1, 0.15) is 0 Å². The average molecular weight is 349 g/mol. The van der Waals surface area contributed by atoms with E-state index in [1.165, 1.54) is 0 Å². The van der Waals surface area contributed by atoms with Gasteiger partial charge < -0.3 is 14.8 Å². The van der Waals surface area contributed by atoms with E-state index in [1.54, 1.807) is 18.6 Å². The number of aromatic amines is 1. The van der Waals surface area contributed by atoms with Crippen LogP contribution in [0.3, 0.4) is 0 Å². The number of rotatable bonds is 2. The van der Waals surface area contributed by atoms with Gasteiger partial charge in [-0.15, -0.1) is 0 Å². The Morgan fingerprint density at radius 3 is 2.43 bits per heavy atom. The van der Waals surface area contributed by atoms with Gasteiger partial charge in [0.25, 0.3) is 0 Å². The number of halogens is 2. The van der Waals surface area contributed by atoms with Gasteiger partial charge in [0, 0.05) is 38.6 Å². The monoisotopic (exact) mass is 348 g/mol. The zero-order valence-electron chi connectivity index (χ0n) is 12.2. The first-order valence-electron chi connectivity index (χ1n) is 7.31. The topological polar surface area (TPSA) is 60.9 Å². The summed E-state index contributed by atoms with van der Waals surface area (Å²) in [4.78, 5) is 20.6. The predicted molar refractivity (Wildman–Crippen MR) is 92.6 cm³/mol. The van der Waals surface area contributed by atoms with Gasteiger partial charge in [0.05, 0.1) is 15.4 Å². The van der Waals surface area contributed by atoms with Crippen molar-refractivity contribution in [2.75, 3.05) is 36.0 Å². The molecule has 6 nitrogen and oxygen atoms in total. The highest BCUT2D eigenvalue weighted by Gasteiger charge is 2.22. The second-order valence-electron chi connectivity index (χ2n) is 5.37. The molecule has 1 aliphatic heterocycles. The lowest BCUT2D eigenvalue weighted by Crippen LogP contribution is -2.47. The summed E-state index contributed by atoms with van der Waals surface area (Å²) in [5.41, 5.74) is 0.861. The molecule has 0 aromatic carbocycles. The van der Waals surface area contributed by atoms with Gasteiger partial charge in [0.2, 0.25) is 0 Å². The molecule has 0 atom stereocenters. The second kappa shape index (κ2) is 5.86. The summed E-state index contributed by atoms with van der Waals surface area (Å²) in [6.07, 6.45) is 5.11. The standard InChI is InChI=1S/C15H14Cl2N6/c16-10-7-12(17)15(19-8-10)23-5-3-22(4-6-23)14-11-1-2-18-13(11)20-9-21-14/h1-2,7-9H,3-6H2,(H,18,20,21). The van der Waals surface area contributed by atoms with Crippen LogP contribution in [0.25, 0.3) is 11.0 Å². The van der Waals surface area contributed by atoms with Crippen LogP contribution in [-0.2, 0) is 0 Å². The first-order chi connectivity index (χ1) is 11.2. The van der Waals surface area contributed by atoms with Crippen LogP contribution in [0.4, 0.5) is 11.6 Å². The highest BCUT2D eigenvalue weighted by molar-refractivity contribution is 6.36. The molecule has 3 aromatic rings. The highest BCUT2D eigenvalue weighted by atomic mass is 35.5. The molecule has 0 saturated carbocycles. The summed E-state index contributed by atoms with van der Waals surface area (Å²) >= 11 is 12.2. The molecule has 0 unspecified atom stereocenters. The summed E-state index contributed by atoms with van der Waals surface area (Å²) in [6, 6.07) is 3.74. The maximum Gasteiger partial charge on any atom is 0.147 e. The van der Waals surface area contributed by atoms with E-state index in [1.807, 2.05) is 12.3 Å². The Morgan fingerprint density at radius 2 is 1.70 bits per heavy atom. The van der Waals surface area contributed by atoms with Crippen molar-refractivity contribution >= 4 is 45.9 Å². The van der Waals surface area contributed by atoms with E-state index in [4.69, 9.17) is 23.2 Å². The number of hydrogen-bond acceptors (Lipinski definition) is 5. The molecule has 1 N–H and O–H groups in total. The van der Waals surface area contributed by atoms with Crippen molar-refractivity contribution < 1.29 is 0 Å². The SMILES string of the molecule is Clc1cnc(N2CCN(c3ncnc4[nH]ccc34)CC2)c(Cl)c1. The predicted octanol–water partition coefficient (Wildman–Crippen LogP) is 2.99. The van der Waals surface area contributed by atoms with Gasteiger partial charge >= 0.3 is 0 Å². The van der Waals surface area contributed by atoms with Crippen LogP contribution in [0.2, 0.25) is 10.0 Å². The van der Waals surface area contributed by atoms with Gasteiger partial charge in [0.1, 0.15) is 23.6 Å². The molecule has 0 amide bonds. The number of aromatic nitrogens is 4. The van der Waals surface area contributed by atoms with Crippen LogP contribution in [0.5, 0.6) is 0 Å². The molecule has 118 valence electrons. The van der Waals surface area contributed by atoms with Crippen LogP contribution in [0.15, 0.2) is 30.9 Å². The summed E-state index contributed by atoms with van der Waals surface area (Å²) in [6.45, 7) is 3.34. The molecule has 1 aliphatic rings.